The van der Waals surface area contributed by atoms with E-state index in [1.807, 2.05) is 18.2 Å². The van der Waals surface area contributed by atoms with Gasteiger partial charge in [-0.2, -0.15) is 0 Å². The molecule has 0 aliphatic rings. The van der Waals surface area contributed by atoms with E-state index in [0.717, 1.165) is 27.0 Å². The molecule has 0 aliphatic carbocycles. The summed E-state index contributed by atoms with van der Waals surface area (Å²) < 4.78 is 3.20. The zero-order valence-corrected chi connectivity index (χ0v) is 13.1. The van der Waals surface area contributed by atoms with E-state index in [9.17, 15) is 0 Å². The zero-order chi connectivity index (χ0) is 14.1. The van der Waals surface area contributed by atoms with Crippen molar-refractivity contribution in [2.24, 2.45) is 7.05 Å². The fraction of sp³-hybridized carbons (Fsp3) is 0.188. The Morgan fingerprint density at radius 3 is 2.80 bits per heavy atom. The second-order valence-corrected chi connectivity index (χ2v) is 5.77. The number of fused-ring (bicyclic) bond motifs is 1. The van der Waals surface area contributed by atoms with Gasteiger partial charge in [0.05, 0.1) is 17.6 Å². The number of halogens is 1. The van der Waals surface area contributed by atoms with E-state index in [0.29, 0.717) is 6.54 Å². The van der Waals surface area contributed by atoms with Crippen LogP contribution in [0.2, 0.25) is 0 Å². The summed E-state index contributed by atoms with van der Waals surface area (Å²) in [6.45, 7) is 2.79. The topological polar surface area (TPSA) is 29.9 Å². The van der Waals surface area contributed by atoms with Crippen molar-refractivity contribution in [3.63, 3.8) is 0 Å². The number of hydrogen-bond donors (Lipinski definition) is 1. The average Bonchev–Trinajstić information content (AvgIpc) is 2.77. The first-order valence-corrected chi connectivity index (χ1v) is 7.35. The first-order valence-electron chi connectivity index (χ1n) is 6.55. The van der Waals surface area contributed by atoms with E-state index < -0.39 is 0 Å². The van der Waals surface area contributed by atoms with Crippen LogP contribution in [0, 0.1) is 6.92 Å². The van der Waals surface area contributed by atoms with Crippen molar-refractivity contribution < 1.29 is 0 Å². The van der Waals surface area contributed by atoms with Crippen LogP contribution in [0.4, 0.5) is 5.69 Å². The van der Waals surface area contributed by atoms with Gasteiger partial charge in [0.2, 0.25) is 0 Å². The Bertz CT molecular complexity index is 762. The van der Waals surface area contributed by atoms with E-state index in [1.165, 1.54) is 5.56 Å². The molecular weight excluding hydrogens is 314 g/mol. The van der Waals surface area contributed by atoms with Gasteiger partial charge in [0.25, 0.3) is 0 Å². The summed E-state index contributed by atoms with van der Waals surface area (Å²) in [6.07, 6.45) is 0. The molecule has 0 atom stereocenters. The molecule has 1 N–H and O–H groups in total. The van der Waals surface area contributed by atoms with Gasteiger partial charge in [0.15, 0.2) is 0 Å². The van der Waals surface area contributed by atoms with Crippen molar-refractivity contribution in [3.05, 3.63) is 58.3 Å². The van der Waals surface area contributed by atoms with Crippen molar-refractivity contribution in [2.45, 2.75) is 13.5 Å². The fourth-order valence-corrected chi connectivity index (χ4v) is 2.69. The second-order valence-electron chi connectivity index (χ2n) is 4.91. The smallest absolute Gasteiger partial charge is 0.128 e. The molecule has 0 unspecified atom stereocenters. The number of hydrogen-bond acceptors (Lipinski definition) is 2. The SMILES string of the molecule is Cc1ccc(Br)c(NCc2nc3ccccc3n2C)c1. The lowest BCUT2D eigenvalue weighted by atomic mass is 10.2. The molecule has 0 fully saturated rings. The third-order valence-electron chi connectivity index (χ3n) is 3.44. The van der Waals surface area contributed by atoms with E-state index in [4.69, 9.17) is 0 Å². The minimum absolute atomic E-state index is 0.702. The quantitative estimate of drug-likeness (QED) is 0.778. The lowest BCUT2D eigenvalue weighted by Crippen LogP contribution is -2.06. The largest absolute Gasteiger partial charge is 0.377 e. The molecule has 2 aromatic carbocycles. The Balaban J connectivity index is 1.87. The normalized spacial score (nSPS) is 10.9. The lowest BCUT2D eigenvalue weighted by molar-refractivity contribution is 0.834. The monoisotopic (exact) mass is 329 g/mol. The van der Waals surface area contributed by atoms with Crippen LogP contribution >= 0.6 is 15.9 Å². The first kappa shape index (κ1) is 13.2. The van der Waals surface area contributed by atoms with Crippen molar-refractivity contribution in [1.29, 1.82) is 0 Å². The number of benzene rings is 2. The number of para-hydroxylation sites is 2. The van der Waals surface area contributed by atoms with E-state index in [-0.39, 0.29) is 0 Å². The van der Waals surface area contributed by atoms with Gasteiger partial charge in [-0.1, -0.05) is 18.2 Å². The highest BCUT2D eigenvalue weighted by Gasteiger charge is 2.07. The summed E-state index contributed by atoms with van der Waals surface area (Å²) >= 11 is 3.57. The summed E-state index contributed by atoms with van der Waals surface area (Å²) in [5, 5.41) is 3.44. The van der Waals surface area contributed by atoms with Crippen molar-refractivity contribution in [1.82, 2.24) is 9.55 Å². The Hall–Kier alpha value is -1.81. The molecule has 4 heteroatoms. The van der Waals surface area contributed by atoms with Crippen LogP contribution in [0.5, 0.6) is 0 Å². The minimum Gasteiger partial charge on any atom is -0.377 e. The molecule has 0 amide bonds. The number of rotatable bonds is 3. The molecule has 0 aliphatic heterocycles. The van der Waals surface area contributed by atoms with Crippen molar-refractivity contribution >= 4 is 32.7 Å². The summed E-state index contributed by atoms with van der Waals surface area (Å²) in [4.78, 5) is 4.66. The van der Waals surface area contributed by atoms with Crippen LogP contribution in [0.3, 0.4) is 0 Å². The van der Waals surface area contributed by atoms with Gasteiger partial charge in [-0.05, 0) is 52.7 Å². The predicted octanol–water partition coefficient (Wildman–Crippen LogP) is 4.26. The van der Waals surface area contributed by atoms with Crippen molar-refractivity contribution in [3.8, 4) is 0 Å². The maximum Gasteiger partial charge on any atom is 0.128 e. The van der Waals surface area contributed by atoms with E-state index in [2.05, 4.69) is 69.0 Å². The molecule has 1 heterocycles. The number of nitrogens with one attached hydrogen (secondary N) is 1. The highest BCUT2D eigenvalue weighted by atomic mass is 79.9. The molecule has 0 spiro atoms. The van der Waals surface area contributed by atoms with Gasteiger partial charge in [-0.25, -0.2) is 4.98 Å². The highest BCUT2D eigenvalue weighted by Crippen LogP contribution is 2.24. The molecule has 0 saturated heterocycles. The molecule has 0 bridgehead atoms. The zero-order valence-electron chi connectivity index (χ0n) is 11.5. The van der Waals surface area contributed by atoms with Crippen LogP contribution < -0.4 is 5.32 Å². The molecule has 20 heavy (non-hydrogen) atoms. The maximum atomic E-state index is 4.66. The standard InChI is InChI=1S/C16H16BrN3/c1-11-7-8-12(17)14(9-11)18-10-16-19-13-5-3-4-6-15(13)20(16)2/h3-9,18H,10H2,1-2H3. The molecule has 102 valence electrons. The molecule has 0 radical (unpaired) electrons. The third-order valence-corrected chi connectivity index (χ3v) is 4.13. The average molecular weight is 330 g/mol. The Morgan fingerprint density at radius 2 is 2.00 bits per heavy atom. The van der Waals surface area contributed by atoms with Gasteiger partial charge in [0, 0.05) is 17.2 Å². The molecule has 3 nitrogen and oxygen atoms in total. The van der Waals surface area contributed by atoms with Gasteiger partial charge in [-0.3, -0.25) is 0 Å². The van der Waals surface area contributed by atoms with E-state index in [1.54, 1.807) is 0 Å². The number of anilines is 1. The number of aromatic nitrogens is 2. The number of nitrogens with zero attached hydrogens (tertiary/aromatic N) is 2. The summed E-state index contributed by atoms with van der Waals surface area (Å²) in [5.74, 6) is 1.03. The van der Waals surface area contributed by atoms with Crippen LogP contribution in [0.15, 0.2) is 46.9 Å². The van der Waals surface area contributed by atoms with Gasteiger partial charge in [-0.15, -0.1) is 0 Å². The Morgan fingerprint density at radius 1 is 1.20 bits per heavy atom. The summed E-state index contributed by atoms with van der Waals surface area (Å²) in [7, 11) is 2.05. The lowest BCUT2D eigenvalue weighted by Gasteiger charge is -2.09. The van der Waals surface area contributed by atoms with Crippen LogP contribution in [0.1, 0.15) is 11.4 Å². The molecular formula is C16H16BrN3. The molecule has 0 saturated carbocycles. The first-order chi connectivity index (χ1) is 9.65. The molecule has 3 rings (SSSR count). The number of imidazole rings is 1. The molecule has 3 aromatic rings. The van der Waals surface area contributed by atoms with Gasteiger partial charge < -0.3 is 9.88 Å². The summed E-state index contributed by atoms with van der Waals surface area (Å²) in [6, 6.07) is 14.5. The van der Waals surface area contributed by atoms with Crippen LogP contribution in [-0.4, -0.2) is 9.55 Å². The Labute approximate surface area is 126 Å². The van der Waals surface area contributed by atoms with Crippen molar-refractivity contribution in [2.75, 3.05) is 5.32 Å². The Kier molecular flexibility index (Phi) is 3.49. The minimum atomic E-state index is 0.702. The summed E-state index contributed by atoms with van der Waals surface area (Å²) in [5.41, 5.74) is 4.53. The van der Waals surface area contributed by atoms with E-state index >= 15 is 0 Å². The molecule has 1 aromatic heterocycles. The third kappa shape index (κ3) is 2.43. The number of aryl methyl sites for hydroxylation is 2. The van der Waals surface area contributed by atoms with Crippen LogP contribution in [-0.2, 0) is 13.6 Å². The van der Waals surface area contributed by atoms with Gasteiger partial charge in [0.1, 0.15) is 5.82 Å². The second kappa shape index (κ2) is 5.29. The van der Waals surface area contributed by atoms with Crippen LogP contribution in [0.25, 0.3) is 11.0 Å². The van der Waals surface area contributed by atoms with Gasteiger partial charge >= 0.3 is 0 Å². The predicted molar refractivity (Wildman–Crippen MR) is 86.9 cm³/mol. The highest BCUT2D eigenvalue weighted by molar-refractivity contribution is 9.10. The fourth-order valence-electron chi connectivity index (χ4n) is 2.30. The maximum absolute atomic E-state index is 4.66.